The molecule has 1 saturated carbocycles. The molecule has 26 heavy (non-hydrogen) atoms. The van der Waals surface area contributed by atoms with Crippen LogP contribution in [0.15, 0.2) is 36.7 Å². The van der Waals surface area contributed by atoms with Gasteiger partial charge in [-0.3, -0.25) is 9.89 Å². The van der Waals surface area contributed by atoms with E-state index in [1.165, 1.54) is 30.5 Å². The number of benzene rings is 1. The summed E-state index contributed by atoms with van der Waals surface area (Å²) >= 11 is 0. The van der Waals surface area contributed by atoms with Crippen LogP contribution >= 0.6 is 0 Å². The number of nitrogens with zero attached hydrogens (tertiary/aromatic N) is 3. The molecule has 5 nitrogen and oxygen atoms in total. The van der Waals surface area contributed by atoms with Gasteiger partial charge in [-0.05, 0) is 55.7 Å². The van der Waals surface area contributed by atoms with E-state index < -0.39 is 0 Å². The smallest absolute Gasteiger partial charge is 0.226 e. The highest BCUT2D eigenvalue weighted by Crippen LogP contribution is 2.39. The first-order chi connectivity index (χ1) is 12.8. The van der Waals surface area contributed by atoms with Crippen molar-refractivity contribution in [2.75, 3.05) is 24.5 Å². The van der Waals surface area contributed by atoms with Crippen LogP contribution in [0, 0.1) is 11.8 Å². The standard InChI is InChI=1S/C21H26N4O/c26-21(25-14-15-1-4-20(25)11-15)17-7-9-24(10-8-17)19-5-2-16(3-6-19)18-12-22-23-13-18/h2-3,5-6,12-13,15,17,20H,1,4,7-11,14H2,(H,22,23). The average molecular weight is 350 g/mol. The number of hydrogen-bond donors (Lipinski definition) is 1. The second kappa shape index (κ2) is 6.45. The number of H-pyrrole nitrogens is 1. The fourth-order valence-corrected chi connectivity index (χ4v) is 5.09. The lowest BCUT2D eigenvalue weighted by molar-refractivity contribution is -0.137. The molecule has 2 unspecified atom stereocenters. The molecule has 2 atom stereocenters. The first-order valence-electron chi connectivity index (χ1n) is 9.92. The van der Waals surface area contributed by atoms with Crippen molar-refractivity contribution in [1.82, 2.24) is 15.1 Å². The Morgan fingerprint density at radius 3 is 2.46 bits per heavy atom. The monoisotopic (exact) mass is 350 g/mol. The van der Waals surface area contributed by atoms with E-state index in [2.05, 4.69) is 44.3 Å². The summed E-state index contributed by atoms with van der Waals surface area (Å²) < 4.78 is 0. The van der Waals surface area contributed by atoms with Gasteiger partial charge >= 0.3 is 0 Å². The van der Waals surface area contributed by atoms with Gasteiger partial charge in [-0.2, -0.15) is 5.10 Å². The summed E-state index contributed by atoms with van der Waals surface area (Å²) in [5, 5.41) is 6.87. The van der Waals surface area contributed by atoms with Crippen LogP contribution in [0.5, 0.6) is 0 Å². The number of carbonyl (C=O) groups is 1. The third kappa shape index (κ3) is 2.79. The van der Waals surface area contributed by atoms with E-state index in [0.717, 1.165) is 44.0 Å². The summed E-state index contributed by atoms with van der Waals surface area (Å²) in [4.78, 5) is 17.5. The van der Waals surface area contributed by atoms with Gasteiger partial charge in [-0.1, -0.05) is 12.1 Å². The lowest BCUT2D eigenvalue weighted by Crippen LogP contribution is -2.45. The molecule has 1 amide bonds. The third-order valence-corrected chi connectivity index (χ3v) is 6.60. The molecule has 5 rings (SSSR count). The Kier molecular flexibility index (Phi) is 3.95. The van der Waals surface area contributed by atoms with Crippen molar-refractivity contribution in [2.24, 2.45) is 11.8 Å². The van der Waals surface area contributed by atoms with E-state index in [4.69, 9.17) is 0 Å². The summed E-state index contributed by atoms with van der Waals surface area (Å²) in [6, 6.07) is 9.23. The maximum absolute atomic E-state index is 12.9. The Labute approximate surface area is 154 Å². The van der Waals surface area contributed by atoms with Crippen molar-refractivity contribution in [3.8, 4) is 11.1 Å². The number of aromatic nitrogens is 2. The van der Waals surface area contributed by atoms with Crippen molar-refractivity contribution in [1.29, 1.82) is 0 Å². The summed E-state index contributed by atoms with van der Waals surface area (Å²) in [5.41, 5.74) is 3.54. The highest BCUT2D eigenvalue weighted by atomic mass is 16.2. The molecule has 0 radical (unpaired) electrons. The molecule has 5 heteroatoms. The molecule has 2 bridgehead atoms. The molecule has 3 heterocycles. The minimum absolute atomic E-state index is 0.232. The first kappa shape index (κ1) is 15.9. The van der Waals surface area contributed by atoms with E-state index in [9.17, 15) is 4.79 Å². The summed E-state index contributed by atoms with van der Waals surface area (Å²) in [7, 11) is 0. The number of amides is 1. The van der Waals surface area contributed by atoms with Crippen LogP contribution in [0.4, 0.5) is 5.69 Å². The largest absolute Gasteiger partial charge is 0.371 e. The van der Waals surface area contributed by atoms with Gasteiger partial charge < -0.3 is 9.80 Å². The Morgan fingerprint density at radius 2 is 1.85 bits per heavy atom. The van der Waals surface area contributed by atoms with Gasteiger partial charge in [0.1, 0.15) is 0 Å². The van der Waals surface area contributed by atoms with E-state index in [0.29, 0.717) is 11.9 Å². The van der Waals surface area contributed by atoms with Gasteiger partial charge in [0.2, 0.25) is 5.91 Å². The minimum atomic E-state index is 0.232. The summed E-state index contributed by atoms with van der Waals surface area (Å²) in [5.74, 6) is 1.46. The zero-order valence-corrected chi connectivity index (χ0v) is 15.1. The van der Waals surface area contributed by atoms with Crippen LogP contribution < -0.4 is 4.90 Å². The van der Waals surface area contributed by atoms with Crippen LogP contribution in [-0.4, -0.2) is 46.7 Å². The lowest BCUT2D eigenvalue weighted by atomic mass is 9.94. The van der Waals surface area contributed by atoms with Crippen LogP contribution in [0.25, 0.3) is 11.1 Å². The highest BCUT2D eigenvalue weighted by molar-refractivity contribution is 5.80. The topological polar surface area (TPSA) is 52.2 Å². The average Bonchev–Trinajstić information content (AvgIpc) is 3.45. The van der Waals surface area contributed by atoms with Gasteiger partial charge in [0.25, 0.3) is 0 Å². The molecule has 2 saturated heterocycles. The Morgan fingerprint density at radius 1 is 1.04 bits per heavy atom. The van der Waals surface area contributed by atoms with Gasteiger partial charge in [-0.15, -0.1) is 0 Å². The van der Waals surface area contributed by atoms with Crippen molar-refractivity contribution in [2.45, 2.75) is 38.1 Å². The van der Waals surface area contributed by atoms with E-state index in [1.54, 1.807) is 0 Å². The van der Waals surface area contributed by atoms with Gasteiger partial charge in [0.15, 0.2) is 0 Å². The van der Waals surface area contributed by atoms with Gasteiger partial charge in [0, 0.05) is 49.0 Å². The normalized spacial score (nSPS) is 25.8. The van der Waals surface area contributed by atoms with E-state index in [1.807, 2.05) is 12.4 Å². The molecule has 2 aromatic rings. The van der Waals surface area contributed by atoms with Crippen molar-refractivity contribution < 1.29 is 4.79 Å². The summed E-state index contributed by atoms with van der Waals surface area (Å²) in [6.45, 7) is 2.98. The number of rotatable bonds is 3. The SMILES string of the molecule is O=C(C1CCN(c2ccc(-c3cn[nH]c3)cc2)CC1)N1CC2CCC1C2. The van der Waals surface area contributed by atoms with Gasteiger partial charge in [0.05, 0.1) is 6.20 Å². The zero-order chi connectivity index (χ0) is 17.5. The summed E-state index contributed by atoms with van der Waals surface area (Å²) in [6.07, 6.45) is 9.55. The maximum atomic E-state index is 12.9. The van der Waals surface area contributed by atoms with E-state index >= 15 is 0 Å². The van der Waals surface area contributed by atoms with Gasteiger partial charge in [-0.25, -0.2) is 0 Å². The number of fused-ring (bicyclic) bond motifs is 2. The predicted octanol–water partition coefficient (Wildman–Crippen LogP) is 3.30. The molecule has 3 fully saturated rings. The van der Waals surface area contributed by atoms with Crippen LogP contribution in [0.2, 0.25) is 0 Å². The molecule has 136 valence electrons. The molecule has 2 aliphatic heterocycles. The minimum Gasteiger partial charge on any atom is -0.371 e. The lowest BCUT2D eigenvalue weighted by Gasteiger charge is -2.36. The number of piperidine rings is 2. The van der Waals surface area contributed by atoms with Crippen LogP contribution in [-0.2, 0) is 4.79 Å². The fraction of sp³-hybridized carbons (Fsp3) is 0.524. The van der Waals surface area contributed by atoms with Crippen molar-refractivity contribution in [3.05, 3.63) is 36.7 Å². The molecule has 1 aromatic carbocycles. The third-order valence-electron chi connectivity index (χ3n) is 6.60. The van der Waals surface area contributed by atoms with Crippen molar-refractivity contribution >= 4 is 11.6 Å². The van der Waals surface area contributed by atoms with Crippen LogP contribution in [0.3, 0.4) is 0 Å². The highest BCUT2D eigenvalue weighted by Gasteiger charge is 2.42. The maximum Gasteiger partial charge on any atom is 0.226 e. The molecule has 0 spiro atoms. The number of hydrogen-bond acceptors (Lipinski definition) is 3. The Hall–Kier alpha value is -2.30. The molecule has 3 aliphatic rings. The second-order valence-electron chi connectivity index (χ2n) is 8.12. The number of anilines is 1. The molecule has 1 aromatic heterocycles. The molecule has 1 aliphatic carbocycles. The quantitative estimate of drug-likeness (QED) is 0.924. The molecular formula is C21H26N4O. The predicted molar refractivity (Wildman–Crippen MR) is 102 cm³/mol. The molecule has 1 N–H and O–H groups in total. The Bertz CT molecular complexity index is 762. The number of aromatic amines is 1. The number of likely N-dealkylation sites (tertiary alicyclic amines) is 1. The van der Waals surface area contributed by atoms with E-state index in [-0.39, 0.29) is 5.92 Å². The first-order valence-corrected chi connectivity index (χ1v) is 9.92. The Balaban J connectivity index is 1.20. The fourth-order valence-electron chi connectivity index (χ4n) is 5.09. The van der Waals surface area contributed by atoms with Crippen molar-refractivity contribution in [3.63, 3.8) is 0 Å². The second-order valence-corrected chi connectivity index (χ2v) is 8.12. The molecular weight excluding hydrogens is 324 g/mol. The number of carbonyl (C=O) groups excluding carboxylic acids is 1. The number of nitrogens with one attached hydrogen (secondary N) is 1. The zero-order valence-electron chi connectivity index (χ0n) is 15.1. The van der Waals surface area contributed by atoms with Crippen LogP contribution in [0.1, 0.15) is 32.1 Å².